The zero-order chi connectivity index (χ0) is 18.9. The second-order valence-electron chi connectivity index (χ2n) is 7.38. The van der Waals surface area contributed by atoms with Crippen LogP contribution < -0.4 is 10.6 Å². The van der Waals surface area contributed by atoms with E-state index in [1.165, 1.54) is 30.6 Å². The summed E-state index contributed by atoms with van der Waals surface area (Å²) >= 11 is 1.80. The van der Waals surface area contributed by atoms with Crippen LogP contribution in [-0.4, -0.2) is 39.9 Å². The molecule has 0 radical (unpaired) electrons. The van der Waals surface area contributed by atoms with E-state index in [1.54, 1.807) is 11.3 Å². The number of hydrogen-bond donors (Lipinski definition) is 2. The number of halogens is 1. The average Bonchev–Trinajstić information content (AvgIpc) is 3.35. The van der Waals surface area contributed by atoms with Crippen LogP contribution in [0.15, 0.2) is 28.8 Å². The van der Waals surface area contributed by atoms with E-state index in [1.807, 2.05) is 6.33 Å². The Kier molecular flexibility index (Phi) is 10.3. The number of guanidine groups is 1. The molecule has 1 aliphatic rings. The summed E-state index contributed by atoms with van der Waals surface area (Å²) in [6, 6.07) is 4.83. The van der Waals surface area contributed by atoms with Crippen LogP contribution in [0.5, 0.6) is 0 Å². The summed E-state index contributed by atoms with van der Waals surface area (Å²) < 4.78 is 2.11. The molecule has 6 nitrogen and oxygen atoms in total. The number of aromatic nitrogens is 3. The van der Waals surface area contributed by atoms with E-state index >= 15 is 0 Å². The van der Waals surface area contributed by atoms with E-state index in [9.17, 15) is 0 Å². The molecule has 2 aromatic rings. The van der Waals surface area contributed by atoms with Crippen molar-refractivity contribution < 1.29 is 0 Å². The van der Waals surface area contributed by atoms with Gasteiger partial charge in [-0.05, 0) is 43.0 Å². The fourth-order valence-corrected chi connectivity index (χ4v) is 4.22. The first-order valence-electron chi connectivity index (χ1n) is 10.2. The summed E-state index contributed by atoms with van der Waals surface area (Å²) in [5, 5.41) is 17.5. The number of nitrogens with one attached hydrogen (secondary N) is 2. The highest BCUT2D eigenvalue weighted by Gasteiger charge is 2.19. The van der Waals surface area contributed by atoms with Gasteiger partial charge in [0.1, 0.15) is 12.2 Å². The topological polar surface area (TPSA) is 67.1 Å². The Balaban J connectivity index is 0.00000280. The SMILES string of the molecule is CCc1nncn1CCNC(=NCCc1cccs1)NC1CCC(C)CC1.I. The lowest BCUT2D eigenvalue weighted by atomic mass is 9.87. The third-order valence-corrected chi connectivity index (χ3v) is 6.16. The Morgan fingerprint density at radius 2 is 2.14 bits per heavy atom. The lowest BCUT2D eigenvalue weighted by molar-refractivity contribution is 0.329. The van der Waals surface area contributed by atoms with Gasteiger partial charge in [-0.3, -0.25) is 4.99 Å². The molecule has 0 aromatic carbocycles. The van der Waals surface area contributed by atoms with Crippen LogP contribution in [0, 0.1) is 5.92 Å². The van der Waals surface area contributed by atoms with Gasteiger partial charge in [-0.1, -0.05) is 19.9 Å². The van der Waals surface area contributed by atoms with Crippen molar-refractivity contribution in [3.05, 3.63) is 34.5 Å². The van der Waals surface area contributed by atoms with Gasteiger partial charge in [-0.25, -0.2) is 0 Å². The van der Waals surface area contributed by atoms with E-state index in [0.29, 0.717) is 6.04 Å². The van der Waals surface area contributed by atoms with E-state index in [0.717, 1.165) is 50.2 Å². The van der Waals surface area contributed by atoms with Gasteiger partial charge >= 0.3 is 0 Å². The minimum absolute atomic E-state index is 0. The van der Waals surface area contributed by atoms with Crippen LogP contribution in [0.4, 0.5) is 0 Å². The molecule has 0 aliphatic heterocycles. The Morgan fingerprint density at radius 1 is 1.32 bits per heavy atom. The van der Waals surface area contributed by atoms with Crippen LogP contribution in [0.1, 0.15) is 50.2 Å². The number of hydrogen-bond acceptors (Lipinski definition) is 4. The lowest BCUT2D eigenvalue weighted by Crippen LogP contribution is -2.45. The normalized spacial score (nSPS) is 19.9. The highest BCUT2D eigenvalue weighted by molar-refractivity contribution is 14.0. The predicted molar refractivity (Wildman–Crippen MR) is 128 cm³/mol. The van der Waals surface area contributed by atoms with Crippen molar-refractivity contribution in [2.24, 2.45) is 10.9 Å². The number of aliphatic imine (C=N–C) groups is 1. The quantitative estimate of drug-likeness (QED) is 0.318. The Hall–Kier alpha value is -1.16. The smallest absolute Gasteiger partial charge is 0.191 e. The highest BCUT2D eigenvalue weighted by atomic mass is 127. The van der Waals surface area contributed by atoms with Crippen LogP contribution in [-0.2, 0) is 19.4 Å². The molecular formula is C20H33IN6S. The molecule has 1 aliphatic carbocycles. The molecule has 28 heavy (non-hydrogen) atoms. The van der Waals surface area contributed by atoms with Gasteiger partial charge in [0.15, 0.2) is 5.96 Å². The van der Waals surface area contributed by atoms with Crippen LogP contribution in [0.25, 0.3) is 0 Å². The van der Waals surface area contributed by atoms with Crippen molar-refractivity contribution in [3.8, 4) is 0 Å². The maximum Gasteiger partial charge on any atom is 0.191 e. The predicted octanol–water partition coefficient (Wildman–Crippen LogP) is 3.88. The highest BCUT2D eigenvalue weighted by Crippen LogP contribution is 2.23. The first kappa shape index (κ1) is 23.1. The summed E-state index contributed by atoms with van der Waals surface area (Å²) in [6.07, 6.45) is 8.79. The maximum atomic E-state index is 4.83. The second kappa shape index (κ2) is 12.4. The molecule has 0 spiro atoms. The Bertz CT molecular complexity index is 691. The third-order valence-electron chi connectivity index (χ3n) is 5.22. The molecule has 0 saturated heterocycles. The number of rotatable bonds is 8. The van der Waals surface area contributed by atoms with Crippen molar-refractivity contribution in [3.63, 3.8) is 0 Å². The maximum absolute atomic E-state index is 4.83. The van der Waals surface area contributed by atoms with Gasteiger partial charge in [-0.15, -0.1) is 45.5 Å². The molecule has 2 heterocycles. The molecule has 1 fully saturated rings. The summed E-state index contributed by atoms with van der Waals surface area (Å²) in [6.45, 7) is 6.94. The van der Waals surface area contributed by atoms with Gasteiger partial charge in [0.05, 0.1) is 0 Å². The van der Waals surface area contributed by atoms with Crippen LogP contribution in [0.2, 0.25) is 0 Å². The molecule has 156 valence electrons. The second-order valence-corrected chi connectivity index (χ2v) is 8.41. The van der Waals surface area contributed by atoms with Gasteiger partial charge in [-0.2, -0.15) is 0 Å². The first-order chi connectivity index (χ1) is 13.2. The summed E-state index contributed by atoms with van der Waals surface area (Å²) in [5.74, 6) is 2.83. The lowest BCUT2D eigenvalue weighted by Gasteiger charge is -2.28. The van der Waals surface area contributed by atoms with E-state index in [2.05, 4.69) is 56.8 Å². The minimum Gasteiger partial charge on any atom is -0.355 e. The molecule has 0 bridgehead atoms. The molecule has 0 atom stereocenters. The molecule has 2 N–H and O–H groups in total. The van der Waals surface area contributed by atoms with Gasteiger partial charge in [0.25, 0.3) is 0 Å². The monoisotopic (exact) mass is 516 g/mol. The largest absolute Gasteiger partial charge is 0.355 e. The fourth-order valence-electron chi connectivity index (χ4n) is 3.52. The zero-order valence-corrected chi connectivity index (χ0v) is 20.1. The number of aryl methyl sites for hydroxylation is 1. The van der Waals surface area contributed by atoms with Crippen molar-refractivity contribution >= 4 is 41.3 Å². The minimum atomic E-state index is 0. The van der Waals surface area contributed by atoms with Crippen molar-refractivity contribution in [2.45, 2.75) is 65.0 Å². The molecule has 1 saturated carbocycles. The zero-order valence-electron chi connectivity index (χ0n) is 16.9. The molecule has 0 unspecified atom stereocenters. The molecular weight excluding hydrogens is 483 g/mol. The Morgan fingerprint density at radius 3 is 2.86 bits per heavy atom. The molecule has 2 aromatic heterocycles. The Labute approximate surface area is 189 Å². The van der Waals surface area contributed by atoms with E-state index in [-0.39, 0.29) is 24.0 Å². The van der Waals surface area contributed by atoms with Gasteiger partial charge in [0.2, 0.25) is 0 Å². The van der Waals surface area contributed by atoms with Crippen molar-refractivity contribution in [1.82, 2.24) is 25.4 Å². The summed E-state index contributed by atoms with van der Waals surface area (Å²) in [5.41, 5.74) is 0. The third kappa shape index (κ3) is 7.35. The number of nitrogens with zero attached hydrogens (tertiary/aromatic N) is 4. The van der Waals surface area contributed by atoms with Crippen molar-refractivity contribution in [2.75, 3.05) is 13.1 Å². The van der Waals surface area contributed by atoms with Crippen molar-refractivity contribution in [1.29, 1.82) is 0 Å². The van der Waals surface area contributed by atoms with Gasteiger partial charge in [0, 0.05) is 43.4 Å². The summed E-state index contributed by atoms with van der Waals surface area (Å²) in [4.78, 5) is 6.22. The standard InChI is InChI=1S/C20H32N6S.HI/c1-3-19-25-23-15-26(19)13-12-22-20(21-11-10-18-5-4-14-27-18)24-17-8-6-16(2)7-9-17;/h4-5,14-17H,3,6-13H2,1-2H3,(H2,21,22,24);1H. The fraction of sp³-hybridized carbons (Fsp3) is 0.650. The van der Waals surface area contributed by atoms with E-state index < -0.39 is 0 Å². The summed E-state index contributed by atoms with van der Waals surface area (Å²) in [7, 11) is 0. The van der Waals surface area contributed by atoms with Crippen LogP contribution in [0.3, 0.4) is 0 Å². The number of thiophene rings is 1. The van der Waals surface area contributed by atoms with Crippen LogP contribution >= 0.6 is 35.3 Å². The first-order valence-corrected chi connectivity index (χ1v) is 11.1. The van der Waals surface area contributed by atoms with E-state index in [4.69, 9.17) is 4.99 Å². The molecule has 0 amide bonds. The van der Waals surface area contributed by atoms with Gasteiger partial charge < -0.3 is 15.2 Å². The average molecular weight is 516 g/mol. The molecule has 8 heteroatoms. The molecule has 3 rings (SSSR count).